The number of aromatic nitrogens is 1. The van der Waals surface area contributed by atoms with Gasteiger partial charge in [0.15, 0.2) is 5.69 Å². The molecule has 6 heteroatoms. The van der Waals surface area contributed by atoms with Crippen molar-refractivity contribution in [2.75, 3.05) is 39.0 Å². The van der Waals surface area contributed by atoms with E-state index < -0.39 is 0 Å². The molecule has 1 aliphatic heterocycles. The van der Waals surface area contributed by atoms with Crippen LogP contribution in [-0.4, -0.2) is 54.4 Å². The van der Waals surface area contributed by atoms with Crippen LogP contribution in [0.5, 0.6) is 0 Å². The highest BCUT2D eigenvalue weighted by atomic mass is 32.1. The summed E-state index contributed by atoms with van der Waals surface area (Å²) >= 11 is 1.46. The van der Waals surface area contributed by atoms with Crippen molar-refractivity contribution in [3.8, 4) is 0 Å². The highest BCUT2D eigenvalue weighted by molar-refractivity contribution is 7.14. The Kier molecular flexibility index (Phi) is 4.93. The number of rotatable bonds is 5. The molecule has 1 saturated heterocycles. The van der Waals surface area contributed by atoms with Gasteiger partial charge in [0.05, 0.1) is 5.51 Å². The Morgan fingerprint density at radius 3 is 2.91 bits per heavy atom. The lowest BCUT2D eigenvalue weighted by Gasteiger charge is -2.18. The Morgan fingerprint density at radius 1 is 1.39 bits per heavy atom. The van der Waals surface area contributed by atoms with E-state index in [2.05, 4.69) is 29.3 Å². The lowest BCUT2D eigenvalue weighted by molar-refractivity contribution is 0.0781. The molecule has 1 aromatic carbocycles. The van der Waals surface area contributed by atoms with Crippen molar-refractivity contribution in [3.63, 3.8) is 0 Å². The molecule has 2 heterocycles. The average Bonchev–Trinajstić information content (AvgIpc) is 3.16. The van der Waals surface area contributed by atoms with Gasteiger partial charge in [-0.15, -0.1) is 11.3 Å². The van der Waals surface area contributed by atoms with Gasteiger partial charge in [0.25, 0.3) is 5.91 Å². The third-order valence-corrected chi connectivity index (χ3v) is 4.74. The zero-order chi connectivity index (χ0) is 16.2. The van der Waals surface area contributed by atoms with Crippen LogP contribution >= 0.6 is 11.3 Å². The second-order valence-electron chi connectivity index (χ2n) is 6.19. The van der Waals surface area contributed by atoms with Crippen LogP contribution in [0.2, 0.25) is 0 Å². The first-order chi connectivity index (χ1) is 11.1. The number of thiazole rings is 1. The standard InChI is InChI=1S/C17H22N4OS/c1-20(2)10-13-8-9-21(11-13)17(22)15-16(23-12-18-15)19-14-6-4-3-5-7-14/h3-7,12-13,19H,8-11H2,1-2H3/t13-/m1/s1. The number of nitrogens with one attached hydrogen (secondary N) is 1. The molecule has 2 aromatic rings. The van der Waals surface area contributed by atoms with E-state index in [-0.39, 0.29) is 5.91 Å². The summed E-state index contributed by atoms with van der Waals surface area (Å²) in [4.78, 5) is 21.2. The highest BCUT2D eigenvalue weighted by Gasteiger charge is 2.29. The van der Waals surface area contributed by atoms with E-state index >= 15 is 0 Å². The molecule has 1 amide bonds. The average molecular weight is 330 g/mol. The molecule has 5 nitrogen and oxygen atoms in total. The molecule has 1 N–H and O–H groups in total. The molecule has 23 heavy (non-hydrogen) atoms. The number of anilines is 2. The fourth-order valence-corrected chi connectivity index (χ4v) is 3.66. The molecule has 1 aliphatic rings. The molecule has 0 bridgehead atoms. The number of carbonyl (C=O) groups excluding carboxylic acids is 1. The maximum atomic E-state index is 12.8. The van der Waals surface area contributed by atoms with Crippen LogP contribution in [0.4, 0.5) is 10.7 Å². The third kappa shape index (κ3) is 3.89. The van der Waals surface area contributed by atoms with Gasteiger partial charge in [-0.1, -0.05) is 18.2 Å². The summed E-state index contributed by atoms with van der Waals surface area (Å²) in [6.07, 6.45) is 1.06. The molecule has 0 unspecified atom stereocenters. The van der Waals surface area contributed by atoms with Crippen molar-refractivity contribution in [3.05, 3.63) is 41.5 Å². The predicted molar refractivity (Wildman–Crippen MR) is 94.4 cm³/mol. The Labute approximate surface area is 140 Å². The summed E-state index contributed by atoms with van der Waals surface area (Å²) in [6, 6.07) is 9.88. The van der Waals surface area contributed by atoms with E-state index in [4.69, 9.17) is 0 Å². The quantitative estimate of drug-likeness (QED) is 0.916. The largest absolute Gasteiger partial charge is 0.345 e. The number of benzene rings is 1. The number of carbonyl (C=O) groups is 1. The van der Waals surface area contributed by atoms with E-state index in [9.17, 15) is 4.79 Å². The van der Waals surface area contributed by atoms with E-state index in [1.54, 1.807) is 5.51 Å². The molecule has 0 aliphatic carbocycles. The van der Waals surface area contributed by atoms with Gasteiger partial charge in [-0.05, 0) is 38.6 Å². The topological polar surface area (TPSA) is 48.5 Å². The zero-order valence-electron chi connectivity index (χ0n) is 13.5. The maximum Gasteiger partial charge on any atom is 0.275 e. The Hall–Kier alpha value is -1.92. The van der Waals surface area contributed by atoms with E-state index in [0.717, 1.165) is 36.7 Å². The summed E-state index contributed by atoms with van der Waals surface area (Å²) < 4.78 is 0. The highest BCUT2D eigenvalue weighted by Crippen LogP contribution is 2.27. The van der Waals surface area contributed by atoms with Crippen molar-refractivity contribution in [1.82, 2.24) is 14.8 Å². The molecule has 1 fully saturated rings. The van der Waals surface area contributed by atoms with Crippen LogP contribution in [0.3, 0.4) is 0 Å². The minimum Gasteiger partial charge on any atom is -0.345 e. The number of amides is 1. The normalized spacial score (nSPS) is 17.7. The first-order valence-electron chi connectivity index (χ1n) is 7.83. The summed E-state index contributed by atoms with van der Waals surface area (Å²) in [5, 5.41) is 4.12. The van der Waals surface area contributed by atoms with Gasteiger partial charge in [-0.2, -0.15) is 0 Å². The van der Waals surface area contributed by atoms with Crippen molar-refractivity contribution in [1.29, 1.82) is 0 Å². The molecule has 122 valence electrons. The monoisotopic (exact) mass is 330 g/mol. The van der Waals surface area contributed by atoms with Crippen molar-refractivity contribution < 1.29 is 4.79 Å². The van der Waals surface area contributed by atoms with Gasteiger partial charge in [0, 0.05) is 25.3 Å². The molecule has 0 spiro atoms. The molecule has 1 atom stereocenters. The second-order valence-corrected chi connectivity index (χ2v) is 7.04. The maximum absolute atomic E-state index is 12.8. The first kappa shape index (κ1) is 16.0. The van der Waals surface area contributed by atoms with Crippen molar-refractivity contribution in [2.24, 2.45) is 5.92 Å². The van der Waals surface area contributed by atoms with Gasteiger partial charge in [0.1, 0.15) is 5.00 Å². The van der Waals surface area contributed by atoms with E-state index in [0.29, 0.717) is 11.6 Å². The fraction of sp³-hybridized carbons (Fsp3) is 0.412. The minimum absolute atomic E-state index is 0.0333. The van der Waals surface area contributed by atoms with Crippen LogP contribution in [0.15, 0.2) is 35.8 Å². The fourth-order valence-electron chi connectivity index (χ4n) is 2.97. The summed E-state index contributed by atoms with van der Waals surface area (Å²) in [7, 11) is 4.15. The van der Waals surface area contributed by atoms with Gasteiger partial charge in [0.2, 0.25) is 0 Å². The Bertz CT molecular complexity index is 656. The summed E-state index contributed by atoms with van der Waals surface area (Å²) in [5.41, 5.74) is 3.23. The zero-order valence-corrected chi connectivity index (χ0v) is 14.3. The summed E-state index contributed by atoms with van der Waals surface area (Å²) in [6.45, 7) is 2.66. The number of para-hydroxylation sites is 1. The minimum atomic E-state index is 0.0333. The van der Waals surface area contributed by atoms with Gasteiger partial charge >= 0.3 is 0 Å². The SMILES string of the molecule is CN(C)C[C@H]1CCN(C(=O)c2ncsc2Nc2ccccc2)C1. The van der Waals surface area contributed by atoms with E-state index in [1.807, 2.05) is 35.2 Å². The molecule has 3 rings (SSSR count). The van der Waals surface area contributed by atoms with Gasteiger partial charge in [-0.3, -0.25) is 4.79 Å². The lowest BCUT2D eigenvalue weighted by Crippen LogP contribution is -2.31. The number of hydrogen-bond donors (Lipinski definition) is 1. The predicted octanol–water partition coefficient (Wildman–Crippen LogP) is 2.91. The molecular formula is C17H22N4OS. The number of likely N-dealkylation sites (tertiary alicyclic amines) is 1. The van der Waals surface area contributed by atoms with Crippen LogP contribution < -0.4 is 5.32 Å². The van der Waals surface area contributed by atoms with Gasteiger partial charge in [-0.25, -0.2) is 4.98 Å². The van der Waals surface area contributed by atoms with Crippen molar-refractivity contribution >= 4 is 27.9 Å². The lowest BCUT2D eigenvalue weighted by atomic mass is 10.1. The van der Waals surface area contributed by atoms with Crippen LogP contribution in [0.25, 0.3) is 0 Å². The first-order valence-corrected chi connectivity index (χ1v) is 8.71. The smallest absolute Gasteiger partial charge is 0.275 e. The van der Waals surface area contributed by atoms with E-state index in [1.165, 1.54) is 11.3 Å². The number of hydrogen-bond acceptors (Lipinski definition) is 5. The van der Waals surface area contributed by atoms with Gasteiger partial charge < -0.3 is 15.1 Å². The second kappa shape index (κ2) is 7.10. The van der Waals surface area contributed by atoms with Crippen LogP contribution in [0, 0.1) is 5.92 Å². The van der Waals surface area contributed by atoms with Crippen LogP contribution in [-0.2, 0) is 0 Å². The third-order valence-electron chi connectivity index (χ3n) is 4.00. The molecular weight excluding hydrogens is 308 g/mol. The number of nitrogens with zero attached hydrogens (tertiary/aromatic N) is 3. The Balaban J connectivity index is 1.68. The van der Waals surface area contributed by atoms with Crippen LogP contribution in [0.1, 0.15) is 16.9 Å². The Morgan fingerprint density at radius 2 is 2.17 bits per heavy atom. The molecule has 0 saturated carbocycles. The molecule has 1 aromatic heterocycles. The van der Waals surface area contributed by atoms with Crippen molar-refractivity contribution in [2.45, 2.75) is 6.42 Å². The molecule has 0 radical (unpaired) electrons. The summed E-state index contributed by atoms with van der Waals surface area (Å²) in [5.74, 6) is 0.587.